The van der Waals surface area contributed by atoms with Gasteiger partial charge in [-0.3, -0.25) is 4.98 Å². The highest BCUT2D eigenvalue weighted by Gasteiger charge is 2.17. The molecule has 102 valence electrons. The lowest BCUT2D eigenvalue weighted by molar-refractivity contribution is 0.213. The van der Waals surface area contributed by atoms with Crippen molar-refractivity contribution in [3.05, 3.63) is 47.2 Å². The van der Waals surface area contributed by atoms with Crippen molar-refractivity contribution >= 4 is 0 Å². The third-order valence-corrected chi connectivity index (χ3v) is 2.80. The average Bonchev–Trinajstić information content (AvgIpc) is 2.67. The van der Waals surface area contributed by atoms with Crippen LogP contribution in [0.2, 0.25) is 0 Å². The Balaban J connectivity index is 2.28. The number of pyridine rings is 1. The molecule has 2 rings (SSSR count). The van der Waals surface area contributed by atoms with Crippen LogP contribution in [0, 0.1) is 13.8 Å². The Morgan fingerprint density at radius 2 is 1.95 bits per heavy atom. The molecule has 0 aliphatic rings. The summed E-state index contributed by atoms with van der Waals surface area (Å²) in [5.74, 6) is 2.17. The lowest BCUT2D eigenvalue weighted by Crippen LogP contribution is -2.07. The summed E-state index contributed by atoms with van der Waals surface area (Å²) in [5.41, 5.74) is 1.46. The molecule has 1 N–H and O–H groups in total. The number of furan rings is 1. The molecule has 2 heterocycles. The zero-order chi connectivity index (χ0) is 14.0. The smallest absolute Gasteiger partial charge is 0.138 e. The number of nitrogens with zero attached hydrogens (tertiary/aromatic N) is 1. The van der Waals surface area contributed by atoms with Gasteiger partial charge >= 0.3 is 0 Å². The standard InChI is InChI=1S/C15H19NO3/c1-9(2)18-13-6-12(7-16-8-13)15(17)14-5-10(3)19-11(14)4/h5-9,15,17H,1-4H3. The normalized spacial score (nSPS) is 12.7. The minimum absolute atomic E-state index is 0.0760. The van der Waals surface area contributed by atoms with Crippen molar-refractivity contribution < 1.29 is 14.3 Å². The van der Waals surface area contributed by atoms with E-state index in [0.29, 0.717) is 11.3 Å². The van der Waals surface area contributed by atoms with E-state index in [2.05, 4.69) is 4.98 Å². The summed E-state index contributed by atoms with van der Waals surface area (Å²) in [6.07, 6.45) is 2.61. The highest BCUT2D eigenvalue weighted by molar-refractivity contribution is 5.34. The van der Waals surface area contributed by atoms with E-state index in [1.807, 2.05) is 33.8 Å². The van der Waals surface area contributed by atoms with Crippen LogP contribution in [0.5, 0.6) is 5.75 Å². The van der Waals surface area contributed by atoms with Gasteiger partial charge in [0.2, 0.25) is 0 Å². The predicted molar refractivity (Wildman–Crippen MR) is 72.2 cm³/mol. The number of ether oxygens (including phenoxy) is 1. The number of aliphatic hydroxyl groups excluding tert-OH is 1. The van der Waals surface area contributed by atoms with Gasteiger partial charge in [0.1, 0.15) is 23.4 Å². The van der Waals surface area contributed by atoms with Crippen LogP contribution in [0.15, 0.2) is 28.9 Å². The van der Waals surface area contributed by atoms with Crippen LogP contribution < -0.4 is 4.74 Å². The molecule has 1 unspecified atom stereocenters. The SMILES string of the molecule is Cc1cc(C(O)c2cncc(OC(C)C)c2)c(C)o1. The molecular formula is C15H19NO3. The Labute approximate surface area is 113 Å². The van der Waals surface area contributed by atoms with E-state index in [1.54, 1.807) is 18.5 Å². The fraction of sp³-hybridized carbons (Fsp3) is 0.400. The second-order valence-corrected chi connectivity index (χ2v) is 4.89. The van der Waals surface area contributed by atoms with Gasteiger partial charge in [-0.2, -0.15) is 0 Å². The predicted octanol–water partition coefficient (Wildman–Crippen LogP) is 3.16. The van der Waals surface area contributed by atoms with Crippen LogP contribution in [-0.2, 0) is 0 Å². The molecule has 0 spiro atoms. The number of hydrogen-bond acceptors (Lipinski definition) is 4. The summed E-state index contributed by atoms with van der Waals surface area (Å²) in [6.45, 7) is 7.60. The molecule has 0 aliphatic heterocycles. The molecule has 0 bridgehead atoms. The van der Waals surface area contributed by atoms with E-state index in [4.69, 9.17) is 9.15 Å². The first-order valence-corrected chi connectivity index (χ1v) is 6.34. The minimum Gasteiger partial charge on any atom is -0.489 e. The van der Waals surface area contributed by atoms with Crippen molar-refractivity contribution in [3.63, 3.8) is 0 Å². The average molecular weight is 261 g/mol. The molecule has 0 saturated heterocycles. The van der Waals surface area contributed by atoms with Crippen molar-refractivity contribution in [1.29, 1.82) is 0 Å². The highest BCUT2D eigenvalue weighted by Crippen LogP contribution is 2.28. The Morgan fingerprint density at radius 3 is 2.53 bits per heavy atom. The van der Waals surface area contributed by atoms with Crippen LogP contribution in [0.1, 0.15) is 42.6 Å². The summed E-state index contributed by atoms with van der Waals surface area (Å²) in [7, 11) is 0. The van der Waals surface area contributed by atoms with Gasteiger partial charge < -0.3 is 14.3 Å². The molecule has 19 heavy (non-hydrogen) atoms. The number of hydrogen-bond donors (Lipinski definition) is 1. The molecule has 0 aliphatic carbocycles. The lowest BCUT2D eigenvalue weighted by Gasteiger charge is -2.13. The number of rotatable bonds is 4. The van der Waals surface area contributed by atoms with Crippen molar-refractivity contribution in [2.75, 3.05) is 0 Å². The molecule has 1 atom stereocenters. The molecule has 2 aromatic heterocycles. The highest BCUT2D eigenvalue weighted by atomic mass is 16.5. The van der Waals surface area contributed by atoms with Gasteiger partial charge in [-0.15, -0.1) is 0 Å². The van der Waals surface area contributed by atoms with Crippen LogP contribution in [-0.4, -0.2) is 16.2 Å². The summed E-state index contributed by atoms with van der Waals surface area (Å²) >= 11 is 0. The molecule has 0 radical (unpaired) electrons. The van der Waals surface area contributed by atoms with Crippen molar-refractivity contribution in [2.45, 2.75) is 39.9 Å². The second kappa shape index (κ2) is 5.45. The molecule has 0 fully saturated rings. The lowest BCUT2D eigenvalue weighted by atomic mass is 10.0. The largest absolute Gasteiger partial charge is 0.489 e. The summed E-state index contributed by atoms with van der Waals surface area (Å²) in [4.78, 5) is 4.11. The molecular weight excluding hydrogens is 242 g/mol. The van der Waals surface area contributed by atoms with Crippen LogP contribution in [0.4, 0.5) is 0 Å². The van der Waals surface area contributed by atoms with E-state index in [9.17, 15) is 5.11 Å². The van der Waals surface area contributed by atoms with E-state index < -0.39 is 6.10 Å². The Hall–Kier alpha value is -1.81. The second-order valence-electron chi connectivity index (χ2n) is 4.89. The Morgan fingerprint density at radius 1 is 1.21 bits per heavy atom. The van der Waals surface area contributed by atoms with Crippen molar-refractivity contribution in [1.82, 2.24) is 4.98 Å². The van der Waals surface area contributed by atoms with Crippen molar-refractivity contribution in [2.24, 2.45) is 0 Å². The van der Waals surface area contributed by atoms with Crippen LogP contribution in [0.3, 0.4) is 0 Å². The van der Waals surface area contributed by atoms with E-state index in [0.717, 1.165) is 17.1 Å². The molecule has 4 nitrogen and oxygen atoms in total. The molecule has 2 aromatic rings. The van der Waals surface area contributed by atoms with Crippen LogP contribution in [0.25, 0.3) is 0 Å². The summed E-state index contributed by atoms with van der Waals surface area (Å²) in [5, 5.41) is 10.4. The maximum absolute atomic E-state index is 10.4. The summed E-state index contributed by atoms with van der Waals surface area (Å²) < 4.78 is 11.0. The van der Waals surface area contributed by atoms with Gasteiger partial charge in [0, 0.05) is 17.3 Å². The zero-order valence-electron chi connectivity index (χ0n) is 11.7. The van der Waals surface area contributed by atoms with Crippen LogP contribution >= 0.6 is 0 Å². The maximum Gasteiger partial charge on any atom is 0.138 e. The molecule has 0 saturated carbocycles. The monoisotopic (exact) mass is 261 g/mol. The van der Waals surface area contributed by atoms with Gasteiger partial charge in [-0.25, -0.2) is 0 Å². The first-order valence-electron chi connectivity index (χ1n) is 6.34. The first kappa shape index (κ1) is 13.6. The topological polar surface area (TPSA) is 55.5 Å². The van der Waals surface area contributed by atoms with E-state index >= 15 is 0 Å². The fourth-order valence-electron chi connectivity index (χ4n) is 2.02. The van der Waals surface area contributed by atoms with Gasteiger partial charge in [0.05, 0.1) is 12.3 Å². The maximum atomic E-state index is 10.4. The van der Waals surface area contributed by atoms with E-state index in [1.165, 1.54) is 0 Å². The van der Waals surface area contributed by atoms with Crippen molar-refractivity contribution in [3.8, 4) is 5.75 Å². The minimum atomic E-state index is -0.749. The van der Waals surface area contributed by atoms with Gasteiger partial charge in [-0.1, -0.05) is 0 Å². The zero-order valence-corrected chi connectivity index (χ0v) is 11.7. The Bertz CT molecular complexity index is 560. The number of aliphatic hydroxyl groups is 1. The third-order valence-electron chi connectivity index (χ3n) is 2.80. The quantitative estimate of drug-likeness (QED) is 0.918. The number of aromatic nitrogens is 1. The van der Waals surface area contributed by atoms with Gasteiger partial charge in [-0.05, 0) is 39.8 Å². The van der Waals surface area contributed by atoms with Gasteiger partial charge in [0.15, 0.2) is 0 Å². The van der Waals surface area contributed by atoms with E-state index in [-0.39, 0.29) is 6.10 Å². The Kier molecular flexibility index (Phi) is 3.90. The fourth-order valence-corrected chi connectivity index (χ4v) is 2.02. The first-order chi connectivity index (χ1) is 8.97. The molecule has 0 aromatic carbocycles. The summed E-state index contributed by atoms with van der Waals surface area (Å²) in [6, 6.07) is 3.65. The third kappa shape index (κ3) is 3.15. The molecule has 0 amide bonds. The number of aryl methyl sites for hydroxylation is 2. The van der Waals surface area contributed by atoms with Gasteiger partial charge in [0.25, 0.3) is 0 Å². The molecule has 4 heteroatoms.